The van der Waals surface area contributed by atoms with Crippen molar-refractivity contribution in [3.63, 3.8) is 0 Å². The van der Waals surface area contributed by atoms with Gasteiger partial charge in [-0.05, 0) is 98.2 Å². The Kier molecular flexibility index (Phi) is 9.03. The van der Waals surface area contributed by atoms with E-state index in [9.17, 15) is 23.1 Å². The molecule has 2 aromatic carbocycles. The minimum absolute atomic E-state index is 0.0929. The molecule has 234 valence electrons. The zero-order chi connectivity index (χ0) is 31.1. The zero-order valence-electron chi connectivity index (χ0n) is 25.1. The Labute approximate surface area is 259 Å². The molecule has 0 saturated heterocycles. The van der Waals surface area contributed by atoms with E-state index in [1.807, 2.05) is 6.07 Å². The quantitative estimate of drug-likeness (QED) is 0.410. The summed E-state index contributed by atoms with van der Waals surface area (Å²) in [6.45, 7) is 5.77. The van der Waals surface area contributed by atoms with Crippen LogP contribution in [0.15, 0.2) is 36.4 Å². The molecule has 43 heavy (non-hydrogen) atoms. The molecule has 1 spiro atoms. The molecule has 2 aliphatic carbocycles. The van der Waals surface area contributed by atoms with Crippen molar-refractivity contribution in [1.29, 1.82) is 0 Å². The van der Waals surface area contributed by atoms with Crippen molar-refractivity contribution in [3.05, 3.63) is 58.1 Å². The van der Waals surface area contributed by atoms with Gasteiger partial charge in [-0.2, -0.15) is 0 Å². The number of carbonyl (C=O) groups excluding carboxylic acids is 1. The third-order valence-electron chi connectivity index (χ3n) is 10.1. The lowest BCUT2D eigenvalue weighted by Crippen LogP contribution is -2.49. The first kappa shape index (κ1) is 31.6. The van der Waals surface area contributed by atoms with Gasteiger partial charge in [-0.3, -0.25) is 4.79 Å². The second kappa shape index (κ2) is 12.3. The minimum atomic E-state index is -3.71. The number of primary sulfonamides is 1. The maximum Gasteiger partial charge on any atom is 0.335 e. The summed E-state index contributed by atoms with van der Waals surface area (Å²) in [6.07, 6.45) is 5.06. The number of hydrogen-bond donors (Lipinski definition) is 2. The van der Waals surface area contributed by atoms with Crippen molar-refractivity contribution < 1.29 is 27.9 Å². The normalized spacial score (nSPS) is 24.5. The van der Waals surface area contributed by atoms with E-state index >= 15 is 0 Å². The van der Waals surface area contributed by atoms with Gasteiger partial charge in [0.05, 0.1) is 23.1 Å². The Bertz CT molecular complexity index is 1500. The lowest BCUT2D eigenvalue weighted by atomic mass is 9.69. The number of ether oxygens (including phenoxy) is 1. The van der Waals surface area contributed by atoms with Gasteiger partial charge in [0.25, 0.3) is 0 Å². The predicted octanol–water partition coefficient (Wildman–Crippen LogP) is 4.70. The topological polar surface area (TPSA) is 130 Å². The van der Waals surface area contributed by atoms with Crippen molar-refractivity contribution in [2.45, 2.75) is 63.0 Å². The van der Waals surface area contributed by atoms with E-state index in [0.29, 0.717) is 31.4 Å². The van der Waals surface area contributed by atoms with Gasteiger partial charge in [0, 0.05) is 43.5 Å². The summed E-state index contributed by atoms with van der Waals surface area (Å²) in [5.41, 5.74) is 3.24. The largest absolute Gasteiger partial charge is 0.490 e. The van der Waals surface area contributed by atoms with E-state index in [4.69, 9.17) is 21.5 Å². The number of halogens is 1. The molecule has 9 nitrogen and oxygen atoms in total. The molecule has 3 N–H and O–H groups in total. The smallest absolute Gasteiger partial charge is 0.335 e. The number of nitrogens with zero attached hydrogens (tertiary/aromatic N) is 2. The highest BCUT2D eigenvalue weighted by Gasteiger charge is 2.43. The van der Waals surface area contributed by atoms with E-state index in [-0.39, 0.29) is 35.1 Å². The van der Waals surface area contributed by atoms with Crippen molar-refractivity contribution >= 4 is 39.2 Å². The Morgan fingerprint density at radius 1 is 1.19 bits per heavy atom. The third-order valence-corrected chi connectivity index (χ3v) is 11.8. The first-order valence-corrected chi connectivity index (χ1v) is 17.1. The number of carboxylic acids is 1. The molecule has 1 fully saturated rings. The van der Waals surface area contributed by atoms with Crippen LogP contribution in [0.3, 0.4) is 0 Å². The van der Waals surface area contributed by atoms with Crippen LogP contribution < -0.4 is 14.8 Å². The summed E-state index contributed by atoms with van der Waals surface area (Å²) >= 11 is 6.37. The number of carbonyl (C=O) groups is 2. The lowest BCUT2D eigenvalue weighted by molar-refractivity contribution is -0.132. The summed E-state index contributed by atoms with van der Waals surface area (Å²) in [7, 11) is -1.94. The van der Waals surface area contributed by atoms with Crippen LogP contribution in [-0.4, -0.2) is 68.8 Å². The van der Waals surface area contributed by atoms with Crippen LogP contribution in [-0.2, 0) is 26.7 Å². The Morgan fingerprint density at radius 3 is 2.60 bits per heavy atom. The number of sulfonamides is 1. The molecule has 11 heteroatoms. The summed E-state index contributed by atoms with van der Waals surface area (Å²) in [5, 5.41) is 15.0. The monoisotopic (exact) mass is 631 g/mol. The lowest BCUT2D eigenvalue weighted by Gasteiger charge is -2.45. The Balaban J connectivity index is 1.36. The van der Waals surface area contributed by atoms with Crippen LogP contribution in [0, 0.1) is 17.8 Å². The molecular formula is C32H42ClN3O6S. The molecule has 1 heterocycles. The molecule has 5 rings (SSSR count). The van der Waals surface area contributed by atoms with Crippen LogP contribution in [0.5, 0.6) is 5.75 Å². The molecule has 0 bridgehead atoms. The van der Waals surface area contributed by atoms with Crippen molar-refractivity contribution in [3.8, 4) is 5.75 Å². The molecule has 1 saturated carbocycles. The second-order valence-electron chi connectivity index (χ2n) is 12.9. The van der Waals surface area contributed by atoms with Gasteiger partial charge in [0.15, 0.2) is 0 Å². The van der Waals surface area contributed by atoms with Gasteiger partial charge in [0.2, 0.25) is 15.9 Å². The first-order valence-electron chi connectivity index (χ1n) is 15.1. The standard InChI is InChI=1S/C32H42ClN3O6S/c1-20(21(2)43(34,40)41)13-30(37)35(3)16-24-6-7-25(24)17-36-18-32(12-4-5-22-14-26(33)9-10-27(22)32)19-42-29-11-8-23(31(38)39)15-28(29)36/h8-11,14-15,20-21,24-25H,4-7,12-13,16-19H2,1-3H3,(H,38,39)(H2,34,40,41)/t20-,21+,24+,25+,32?/m1/s1. The molecular weight excluding hydrogens is 590 g/mol. The fourth-order valence-corrected chi connectivity index (χ4v) is 7.96. The fourth-order valence-electron chi connectivity index (χ4n) is 7.02. The van der Waals surface area contributed by atoms with Gasteiger partial charge < -0.3 is 19.6 Å². The third kappa shape index (κ3) is 6.66. The van der Waals surface area contributed by atoms with Gasteiger partial charge in [-0.15, -0.1) is 0 Å². The van der Waals surface area contributed by atoms with Gasteiger partial charge in [-0.25, -0.2) is 18.4 Å². The molecule has 5 atom stereocenters. The summed E-state index contributed by atoms with van der Waals surface area (Å²) in [4.78, 5) is 29.0. The molecule has 1 amide bonds. The predicted molar refractivity (Wildman–Crippen MR) is 167 cm³/mol. The van der Waals surface area contributed by atoms with E-state index in [1.54, 1.807) is 44.0 Å². The number of benzene rings is 2. The van der Waals surface area contributed by atoms with Gasteiger partial charge in [0.1, 0.15) is 5.75 Å². The molecule has 1 aliphatic heterocycles. The van der Waals surface area contributed by atoms with Crippen LogP contribution >= 0.6 is 11.6 Å². The van der Waals surface area contributed by atoms with Gasteiger partial charge >= 0.3 is 5.97 Å². The average Bonchev–Trinajstić information content (AvgIpc) is 3.09. The molecule has 1 unspecified atom stereocenters. The summed E-state index contributed by atoms with van der Waals surface area (Å²) in [5.74, 6) is -0.186. The highest BCUT2D eigenvalue weighted by Crippen LogP contribution is 2.46. The highest BCUT2D eigenvalue weighted by atomic mass is 35.5. The number of fused-ring (bicyclic) bond motifs is 3. The summed E-state index contributed by atoms with van der Waals surface area (Å²) < 4.78 is 30.0. The molecule has 0 aromatic heterocycles. The van der Waals surface area contributed by atoms with Gasteiger partial charge in [-0.1, -0.05) is 24.6 Å². The van der Waals surface area contributed by atoms with E-state index < -0.39 is 21.2 Å². The van der Waals surface area contributed by atoms with Crippen LogP contribution in [0.4, 0.5) is 5.69 Å². The van der Waals surface area contributed by atoms with Crippen molar-refractivity contribution in [1.82, 2.24) is 4.90 Å². The highest BCUT2D eigenvalue weighted by molar-refractivity contribution is 7.89. The number of carboxylic acid groups (broad SMARTS) is 1. The van der Waals surface area contributed by atoms with Crippen LogP contribution in [0.25, 0.3) is 0 Å². The first-order chi connectivity index (χ1) is 20.3. The van der Waals surface area contributed by atoms with E-state index in [1.165, 1.54) is 11.1 Å². The maximum absolute atomic E-state index is 13.0. The average molecular weight is 632 g/mol. The van der Waals surface area contributed by atoms with E-state index in [0.717, 1.165) is 49.4 Å². The SMILES string of the molecule is C[C@H](CC(=O)N(C)C[C@@H]1CC[C@H]1CN1CC2(CCCc3cc(Cl)ccc32)COc2ccc(C(=O)O)cc21)[C@H](C)S(N)(=O)=O. The number of rotatable bonds is 9. The van der Waals surface area contributed by atoms with Crippen molar-refractivity contribution in [2.24, 2.45) is 22.9 Å². The maximum atomic E-state index is 13.0. The molecule has 3 aliphatic rings. The zero-order valence-corrected chi connectivity index (χ0v) is 26.7. The number of anilines is 1. The number of aryl methyl sites for hydroxylation is 1. The molecule has 2 aromatic rings. The Morgan fingerprint density at radius 2 is 1.93 bits per heavy atom. The number of hydrogen-bond acceptors (Lipinski definition) is 6. The van der Waals surface area contributed by atoms with E-state index in [2.05, 4.69) is 17.0 Å². The second-order valence-corrected chi connectivity index (χ2v) is 15.3. The number of amides is 1. The summed E-state index contributed by atoms with van der Waals surface area (Å²) in [6, 6.07) is 11.2. The fraction of sp³-hybridized carbons (Fsp3) is 0.562. The Hall–Kier alpha value is -2.82. The number of aromatic carboxylic acids is 1. The minimum Gasteiger partial charge on any atom is -0.490 e. The van der Waals surface area contributed by atoms with Crippen LogP contribution in [0.1, 0.15) is 67.4 Å². The molecule has 0 radical (unpaired) electrons. The van der Waals surface area contributed by atoms with Crippen molar-refractivity contribution in [2.75, 3.05) is 38.2 Å². The van der Waals surface area contributed by atoms with Crippen LogP contribution in [0.2, 0.25) is 5.02 Å². The number of nitrogens with two attached hydrogens (primary N) is 1.